The summed E-state index contributed by atoms with van der Waals surface area (Å²) >= 11 is 0. The fourth-order valence-electron chi connectivity index (χ4n) is 2.86. The zero-order valence-corrected chi connectivity index (χ0v) is 13.6. The van der Waals surface area contributed by atoms with Gasteiger partial charge in [-0.2, -0.15) is 5.26 Å². The number of carbonyl (C=O) groups excluding carboxylic acids is 2. The van der Waals surface area contributed by atoms with Crippen LogP contribution in [0.3, 0.4) is 0 Å². The second-order valence-electron chi connectivity index (χ2n) is 5.92. The highest BCUT2D eigenvalue weighted by molar-refractivity contribution is 5.91. The van der Waals surface area contributed by atoms with Crippen LogP contribution in [0.4, 0.5) is 10.5 Å². The molecule has 0 aliphatic carbocycles. The van der Waals surface area contributed by atoms with Gasteiger partial charge in [0.25, 0.3) is 0 Å². The summed E-state index contributed by atoms with van der Waals surface area (Å²) in [7, 11) is 0. The van der Waals surface area contributed by atoms with Gasteiger partial charge in [-0.25, -0.2) is 4.79 Å². The molecule has 2 N–H and O–H groups in total. The molecule has 0 radical (unpaired) electrons. The van der Waals surface area contributed by atoms with Gasteiger partial charge in [0.1, 0.15) is 6.07 Å². The van der Waals surface area contributed by atoms with Crippen LogP contribution in [-0.4, -0.2) is 29.4 Å². The fourth-order valence-corrected chi connectivity index (χ4v) is 2.86. The van der Waals surface area contributed by atoms with Crippen LogP contribution in [0.2, 0.25) is 0 Å². The molecular formula is C19H18N4O2. The van der Waals surface area contributed by atoms with E-state index in [-0.39, 0.29) is 18.4 Å². The minimum absolute atomic E-state index is 0.0200. The summed E-state index contributed by atoms with van der Waals surface area (Å²) in [6.45, 7) is 1.01. The number of nitriles is 1. The minimum atomic E-state index is -0.415. The number of hydrogen-bond donors (Lipinski definition) is 2. The van der Waals surface area contributed by atoms with Crippen LogP contribution in [0.15, 0.2) is 54.6 Å². The molecule has 0 saturated carbocycles. The first-order valence-electron chi connectivity index (χ1n) is 8.04. The number of amides is 3. The highest BCUT2D eigenvalue weighted by Crippen LogP contribution is 2.16. The number of rotatable bonds is 4. The molecule has 1 saturated heterocycles. The van der Waals surface area contributed by atoms with Gasteiger partial charge in [-0.1, -0.05) is 42.5 Å². The van der Waals surface area contributed by atoms with Crippen LogP contribution in [0, 0.1) is 11.3 Å². The SMILES string of the molecule is N#Cc1ccccc1NC(=O)NC1CC(=O)N(Cc2ccccc2)C1. The van der Waals surface area contributed by atoms with Crippen molar-refractivity contribution in [3.63, 3.8) is 0 Å². The largest absolute Gasteiger partial charge is 0.336 e. The Kier molecular flexibility index (Phi) is 4.95. The van der Waals surface area contributed by atoms with Crippen molar-refractivity contribution in [2.75, 3.05) is 11.9 Å². The Morgan fingerprint density at radius 3 is 2.64 bits per heavy atom. The summed E-state index contributed by atoms with van der Waals surface area (Å²) in [5, 5.41) is 14.5. The summed E-state index contributed by atoms with van der Waals surface area (Å²) in [5.74, 6) is 0.0200. The van der Waals surface area contributed by atoms with Crippen molar-refractivity contribution < 1.29 is 9.59 Å². The number of anilines is 1. The highest BCUT2D eigenvalue weighted by atomic mass is 16.2. The molecule has 25 heavy (non-hydrogen) atoms. The quantitative estimate of drug-likeness (QED) is 0.901. The van der Waals surface area contributed by atoms with Gasteiger partial charge in [-0.3, -0.25) is 4.79 Å². The normalized spacial score (nSPS) is 16.4. The topological polar surface area (TPSA) is 85.2 Å². The van der Waals surface area contributed by atoms with Crippen LogP contribution in [0.25, 0.3) is 0 Å². The van der Waals surface area contributed by atoms with Crippen LogP contribution in [-0.2, 0) is 11.3 Å². The predicted octanol–water partition coefficient (Wildman–Crippen LogP) is 2.48. The Labute approximate surface area is 146 Å². The van der Waals surface area contributed by atoms with E-state index >= 15 is 0 Å². The molecule has 3 amide bonds. The Bertz CT molecular complexity index is 814. The lowest BCUT2D eigenvalue weighted by atomic mass is 10.2. The van der Waals surface area contributed by atoms with Crippen LogP contribution >= 0.6 is 0 Å². The molecule has 1 aliphatic heterocycles. The van der Waals surface area contributed by atoms with E-state index in [0.717, 1.165) is 5.56 Å². The third-order valence-electron chi connectivity index (χ3n) is 4.06. The molecule has 0 bridgehead atoms. The smallest absolute Gasteiger partial charge is 0.319 e. The van der Waals surface area contributed by atoms with Crippen molar-refractivity contribution in [1.29, 1.82) is 5.26 Å². The van der Waals surface area contributed by atoms with Crippen LogP contribution in [0.5, 0.6) is 0 Å². The molecule has 6 heteroatoms. The molecule has 1 aliphatic rings. The van der Waals surface area contributed by atoms with E-state index < -0.39 is 6.03 Å². The Morgan fingerprint density at radius 1 is 1.16 bits per heavy atom. The van der Waals surface area contributed by atoms with Gasteiger partial charge in [-0.05, 0) is 17.7 Å². The van der Waals surface area contributed by atoms with Crippen molar-refractivity contribution in [2.45, 2.75) is 19.0 Å². The standard InChI is InChI=1S/C19H18N4O2/c20-11-15-8-4-5-9-17(15)22-19(25)21-16-10-18(24)23(13-16)12-14-6-2-1-3-7-14/h1-9,16H,10,12-13H2,(H2,21,22,25). The molecule has 0 aromatic heterocycles. The number of carbonyl (C=O) groups is 2. The fraction of sp³-hybridized carbons (Fsp3) is 0.211. The number of hydrogen-bond acceptors (Lipinski definition) is 3. The van der Waals surface area contributed by atoms with Crippen molar-refractivity contribution in [3.8, 4) is 6.07 Å². The molecule has 1 atom stereocenters. The minimum Gasteiger partial charge on any atom is -0.336 e. The van der Waals surface area contributed by atoms with E-state index in [1.807, 2.05) is 36.4 Å². The van der Waals surface area contributed by atoms with Crippen molar-refractivity contribution >= 4 is 17.6 Å². The third kappa shape index (κ3) is 4.15. The van der Waals surface area contributed by atoms with Gasteiger partial charge >= 0.3 is 6.03 Å². The van der Waals surface area contributed by atoms with Gasteiger partial charge in [0.05, 0.1) is 17.3 Å². The molecule has 1 unspecified atom stereocenters. The summed E-state index contributed by atoms with van der Waals surface area (Å²) in [6, 6.07) is 17.9. The predicted molar refractivity (Wildman–Crippen MR) is 93.6 cm³/mol. The van der Waals surface area contributed by atoms with Gasteiger partial charge in [0.2, 0.25) is 5.91 Å². The maximum atomic E-state index is 12.1. The van der Waals surface area contributed by atoms with Gasteiger partial charge in [0, 0.05) is 19.5 Å². The van der Waals surface area contributed by atoms with E-state index in [1.54, 1.807) is 29.2 Å². The Hall–Kier alpha value is -3.33. The van der Waals surface area contributed by atoms with E-state index in [1.165, 1.54) is 0 Å². The lowest BCUT2D eigenvalue weighted by Crippen LogP contribution is -2.39. The van der Waals surface area contributed by atoms with Crippen molar-refractivity contribution in [1.82, 2.24) is 10.2 Å². The van der Waals surface area contributed by atoms with Crippen LogP contribution < -0.4 is 10.6 Å². The molecule has 3 rings (SSSR count). The number of benzene rings is 2. The first-order valence-corrected chi connectivity index (χ1v) is 8.04. The molecular weight excluding hydrogens is 316 g/mol. The maximum Gasteiger partial charge on any atom is 0.319 e. The molecule has 6 nitrogen and oxygen atoms in total. The molecule has 126 valence electrons. The lowest BCUT2D eigenvalue weighted by Gasteiger charge is -2.17. The molecule has 1 fully saturated rings. The van der Waals surface area contributed by atoms with Gasteiger partial charge in [-0.15, -0.1) is 0 Å². The molecule has 2 aromatic rings. The number of urea groups is 1. The lowest BCUT2D eigenvalue weighted by molar-refractivity contribution is -0.128. The van der Waals surface area contributed by atoms with Crippen molar-refractivity contribution in [3.05, 3.63) is 65.7 Å². The highest BCUT2D eigenvalue weighted by Gasteiger charge is 2.30. The zero-order chi connectivity index (χ0) is 17.6. The first kappa shape index (κ1) is 16.5. The average molecular weight is 334 g/mol. The Balaban J connectivity index is 1.56. The molecule has 1 heterocycles. The van der Waals surface area contributed by atoms with Gasteiger partial charge in [0.15, 0.2) is 0 Å². The number of nitrogens with one attached hydrogen (secondary N) is 2. The van der Waals surface area contributed by atoms with E-state index in [4.69, 9.17) is 5.26 Å². The van der Waals surface area contributed by atoms with Gasteiger partial charge < -0.3 is 15.5 Å². The summed E-state index contributed by atoms with van der Waals surface area (Å²) in [4.78, 5) is 26.0. The zero-order valence-electron chi connectivity index (χ0n) is 13.6. The Morgan fingerprint density at radius 2 is 1.88 bits per heavy atom. The van der Waals surface area contributed by atoms with E-state index in [2.05, 4.69) is 10.6 Å². The molecule has 2 aromatic carbocycles. The average Bonchev–Trinajstić information content (AvgIpc) is 2.95. The summed E-state index contributed by atoms with van der Waals surface area (Å²) in [5.41, 5.74) is 1.91. The van der Waals surface area contributed by atoms with Crippen molar-refractivity contribution in [2.24, 2.45) is 0 Å². The van der Waals surface area contributed by atoms with Crippen LogP contribution in [0.1, 0.15) is 17.5 Å². The number of likely N-dealkylation sites (tertiary alicyclic amines) is 1. The van der Waals surface area contributed by atoms with E-state index in [9.17, 15) is 9.59 Å². The van der Waals surface area contributed by atoms with E-state index in [0.29, 0.717) is 24.3 Å². The second-order valence-corrected chi connectivity index (χ2v) is 5.92. The maximum absolute atomic E-state index is 12.1. The second kappa shape index (κ2) is 7.49. The third-order valence-corrected chi connectivity index (χ3v) is 4.06. The summed E-state index contributed by atoms with van der Waals surface area (Å²) < 4.78 is 0. The first-order chi connectivity index (χ1) is 12.2. The summed E-state index contributed by atoms with van der Waals surface area (Å²) in [6.07, 6.45) is 0.278. The number of para-hydroxylation sites is 1. The monoisotopic (exact) mass is 334 g/mol. The molecule has 0 spiro atoms. The number of nitrogens with zero attached hydrogens (tertiary/aromatic N) is 2.